The molecule has 1 aromatic heterocycles. The Morgan fingerprint density at radius 1 is 1.09 bits per heavy atom. The van der Waals surface area contributed by atoms with Crippen LogP contribution in [0.25, 0.3) is 17.0 Å². The van der Waals surface area contributed by atoms with Gasteiger partial charge in [-0.1, -0.05) is 24.3 Å². The minimum absolute atomic E-state index is 0.0533. The molecule has 9 nitrogen and oxygen atoms in total. The Balaban J connectivity index is 1.11. The summed E-state index contributed by atoms with van der Waals surface area (Å²) in [5, 5.41) is 6.06. The van der Waals surface area contributed by atoms with Gasteiger partial charge in [-0.3, -0.25) is 14.4 Å². The third-order valence-corrected chi connectivity index (χ3v) is 8.86. The standard InChI is InChI=1S/C35H39F2N5O4/c1-21(29-17-27(46-28-13-14-41(2)20-28)10-7-23(29)6-5-22-3-4-22)39-35(45)32-16-26(37)19-42(32)33(43)18-38-34(44)31-11-8-24-15-25(36)9-12-30(24)40-31/h5-12,15,17,21-22,26,28,32H,3-4,13-14,16,18-20H2,1-2H3,(H,38,44)(H,39,45)/b6-5+/t21-,26+,28-,32-/m0/s1. The van der Waals surface area contributed by atoms with Crippen molar-refractivity contribution in [1.29, 1.82) is 0 Å². The first kappa shape index (κ1) is 31.6. The van der Waals surface area contributed by atoms with E-state index in [1.54, 1.807) is 6.07 Å². The molecule has 0 spiro atoms. The van der Waals surface area contributed by atoms with Crippen LogP contribution in [0.15, 0.2) is 54.6 Å². The van der Waals surface area contributed by atoms with Gasteiger partial charge in [0.2, 0.25) is 11.8 Å². The van der Waals surface area contributed by atoms with Gasteiger partial charge < -0.3 is 25.2 Å². The Morgan fingerprint density at radius 3 is 2.67 bits per heavy atom. The lowest BCUT2D eigenvalue weighted by molar-refractivity contribution is -0.138. The molecule has 6 rings (SSSR count). The van der Waals surface area contributed by atoms with Crippen LogP contribution in [0, 0.1) is 11.7 Å². The van der Waals surface area contributed by atoms with Crippen LogP contribution in [-0.4, -0.2) is 84.0 Å². The van der Waals surface area contributed by atoms with Crippen LogP contribution in [0.3, 0.4) is 0 Å². The lowest BCUT2D eigenvalue weighted by Gasteiger charge is -2.26. The van der Waals surface area contributed by atoms with Gasteiger partial charge in [-0.25, -0.2) is 13.8 Å². The number of allylic oxidation sites excluding steroid dienone is 1. The van der Waals surface area contributed by atoms with Crippen LogP contribution >= 0.6 is 0 Å². The molecule has 0 radical (unpaired) electrons. The molecule has 2 N–H and O–H groups in total. The number of pyridine rings is 1. The maximum absolute atomic E-state index is 14.6. The minimum atomic E-state index is -1.37. The SMILES string of the molecule is C[C@H](NC(=O)[C@@H]1C[C@@H](F)CN1C(=O)CNC(=O)c1ccc2cc(F)ccc2n1)c1cc(O[C@H]2CCN(C)C2)ccc1/C=C/C1CC1. The molecule has 46 heavy (non-hydrogen) atoms. The highest BCUT2D eigenvalue weighted by molar-refractivity contribution is 5.97. The van der Waals surface area contributed by atoms with Gasteiger partial charge in [0.05, 0.1) is 24.6 Å². The quantitative estimate of drug-likeness (QED) is 0.344. The minimum Gasteiger partial charge on any atom is -0.489 e. The number of halogens is 2. The number of carbonyl (C=O) groups excluding carboxylic acids is 3. The lowest BCUT2D eigenvalue weighted by atomic mass is 9.99. The van der Waals surface area contributed by atoms with E-state index in [0.717, 1.165) is 36.4 Å². The van der Waals surface area contributed by atoms with E-state index in [1.165, 1.54) is 42.0 Å². The van der Waals surface area contributed by atoms with Crippen LogP contribution in [0.2, 0.25) is 0 Å². The molecule has 3 fully saturated rings. The van der Waals surface area contributed by atoms with Gasteiger partial charge in [-0.15, -0.1) is 0 Å². The molecule has 11 heteroatoms. The van der Waals surface area contributed by atoms with Gasteiger partial charge in [0.1, 0.15) is 35.6 Å². The summed E-state index contributed by atoms with van der Waals surface area (Å²) in [7, 11) is 2.07. The van der Waals surface area contributed by atoms with Crippen LogP contribution in [0.1, 0.15) is 60.3 Å². The number of ether oxygens (including phenoxy) is 1. The van der Waals surface area contributed by atoms with E-state index >= 15 is 0 Å². The summed E-state index contributed by atoms with van der Waals surface area (Å²) >= 11 is 0. The number of nitrogens with one attached hydrogen (secondary N) is 2. The van der Waals surface area contributed by atoms with Gasteiger partial charge in [0.15, 0.2) is 0 Å². The Kier molecular flexibility index (Phi) is 9.30. The Morgan fingerprint density at radius 2 is 1.91 bits per heavy atom. The van der Waals surface area contributed by atoms with E-state index in [4.69, 9.17) is 4.74 Å². The highest BCUT2D eigenvalue weighted by atomic mass is 19.1. The third-order valence-electron chi connectivity index (χ3n) is 8.86. The molecule has 4 atom stereocenters. The molecule has 0 bridgehead atoms. The average molecular weight is 632 g/mol. The van der Waals surface area contributed by atoms with Crippen LogP contribution in [0.4, 0.5) is 8.78 Å². The zero-order chi connectivity index (χ0) is 32.4. The average Bonchev–Trinajstić information content (AvgIpc) is 3.65. The zero-order valence-corrected chi connectivity index (χ0v) is 26.0. The number of alkyl halides is 1. The molecule has 2 aliphatic heterocycles. The number of carbonyl (C=O) groups is 3. The fourth-order valence-corrected chi connectivity index (χ4v) is 6.13. The van der Waals surface area contributed by atoms with Gasteiger partial charge in [-0.05, 0) is 86.7 Å². The van der Waals surface area contributed by atoms with Gasteiger partial charge in [-0.2, -0.15) is 0 Å². The fourth-order valence-electron chi connectivity index (χ4n) is 6.13. The molecular formula is C35H39F2N5O4. The summed E-state index contributed by atoms with van der Waals surface area (Å²) < 4.78 is 34.4. The smallest absolute Gasteiger partial charge is 0.270 e. The zero-order valence-electron chi connectivity index (χ0n) is 26.0. The van der Waals surface area contributed by atoms with Crippen molar-refractivity contribution in [3.8, 4) is 5.75 Å². The monoisotopic (exact) mass is 631 g/mol. The lowest BCUT2D eigenvalue weighted by Crippen LogP contribution is -2.49. The summed E-state index contributed by atoms with van der Waals surface area (Å²) in [4.78, 5) is 47.1. The van der Waals surface area contributed by atoms with Crippen molar-refractivity contribution in [3.63, 3.8) is 0 Å². The topological polar surface area (TPSA) is 104 Å². The molecule has 2 saturated heterocycles. The van der Waals surface area contributed by atoms with Gasteiger partial charge in [0, 0.05) is 24.9 Å². The number of hydrogen-bond donors (Lipinski definition) is 2. The number of fused-ring (bicyclic) bond motifs is 1. The summed E-state index contributed by atoms with van der Waals surface area (Å²) in [6.45, 7) is 3.02. The van der Waals surface area contributed by atoms with Crippen LogP contribution in [0.5, 0.6) is 5.75 Å². The molecule has 0 unspecified atom stereocenters. The summed E-state index contributed by atoms with van der Waals surface area (Å²) in [5.74, 6) is -0.758. The number of likely N-dealkylation sites (tertiary alicyclic amines) is 2. The van der Waals surface area contributed by atoms with Gasteiger partial charge in [0.25, 0.3) is 5.91 Å². The van der Waals surface area contributed by atoms with Crippen molar-refractivity contribution >= 4 is 34.7 Å². The highest BCUT2D eigenvalue weighted by Gasteiger charge is 2.40. The molecule has 3 heterocycles. The molecule has 3 aromatic rings. The number of rotatable bonds is 10. The highest BCUT2D eigenvalue weighted by Crippen LogP contribution is 2.33. The summed E-state index contributed by atoms with van der Waals surface area (Å²) in [5.41, 5.74) is 2.33. The van der Waals surface area contributed by atoms with Crippen molar-refractivity contribution in [2.24, 2.45) is 5.92 Å². The second-order valence-corrected chi connectivity index (χ2v) is 12.6. The number of hydrogen-bond acceptors (Lipinski definition) is 6. The van der Waals surface area contributed by atoms with E-state index in [1.807, 2.05) is 25.1 Å². The normalized spacial score (nSPS) is 22.3. The maximum Gasteiger partial charge on any atom is 0.270 e. The third kappa shape index (κ3) is 7.52. The molecule has 242 valence electrons. The molecule has 2 aromatic carbocycles. The van der Waals surface area contributed by atoms with Crippen LogP contribution < -0.4 is 15.4 Å². The summed E-state index contributed by atoms with van der Waals surface area (Å²) in [6.07, 6.45) is 6.15. The predicted molar refractivity (Wildman–Crippen MR) is 170 cm³/mol. The number of nitrogens with zero attached hydrogens (tertiary/aromatic N) is 3. The number of aromatic nitrogens is 1. The summed E-state index contributed by atoms with van der Waals surface area (Å²) in [6, 6.07) is 11.5. The van der Waals surface area contributed by atoms with Gasteiger partial charge >= 0.3 is 0 Å². The number of benzene rings is 2. The second-order valence-electron chi connectivity index (χ2n) is 12.6. The largest absolute Gasteiger partial charge is 0.489 e. The predicted octanol–water partition coefficient (Wildman–Crippen LogP) is 4.43. The van der Waals surface area contributed by atoms with E-state index in [-0.39, 0.29) is 24.8 Å². The van der Waals surface area contributed by atoms with E-state index in [9.17, 15) is 23.2 Å². The number of likely N-dealkylation sites (N-methyl/N-ethyl adjacent to an activating group) is 1. The molecule has 3 amide bonds. The Labute approximate surface area is 267 Å². The molecular weight excluding hydrogens is 592 g/mol. The maximum atomic E-state index is 14.6. The van der Waals surface area contributed by atoms with Crippen molar-refractivity contribution < 1.29 is 27.9 Å². The van der Waals surface area contributed by atoms with Crippen molar-refractivity contribution in [2.45, 2.75) is 57.0 Å². The molecule has 1 aliphatic carbocycles. The first-order chi connectivity index (χ1) is 22.1. The first-order valence-electron chi connectivity index (χ1n) is 15.9. The van der Waals surface area contributed by atoms with Crippen molar-refractivity contribution in [1.82, 2.24) is 25.4 Å². The van der Waals surface area contributed by atoms with E-state index in [0.29, 0.717) is 16.8 Å². The molecule has 3 aliphatic rings. The van der Waals surface area contributed by atoms with Crippen molar-refractivity contribution in [2.75, 3.05) is 33.2 Å². The fraction of sp³-hybridized carbons (Fsp3) is 0.429. The Bertz CT molecular complexity index is 1660. The van der Waals surface area contributed by atoms with E-state index < -0.39 is 48.3 Å². The second kappa shape index (κ2) is 13.5. The number of amides is 3. The first-order valence-corrected chi connectivity index (χ1v) is 15.9. The van der Waals surface area contributed by atoms with Crippen molar-refractivity contribution in [3.05, 3.63) is 77.2 Å². The van der Waals surface area contributed by atoms with Crippen LogP contribution in [-0.2, 0) is 9.59 Å². The Hall–Kier alpha value is -4.38. The molecule has 1 saturated carbocycles. The van der Waals surface area contributed by atoms with E-state index in [2.05, 4.69) is 39.7 Å².